The molecule has 0 fully saturated rings. The SMILES string of the molecule is CCCCCCCCCCCCCCCCCCC(=O)O[C@@H](COC(=O)CCCCCCCCCCCCC)COC(=O)CCCCCCCCCCCCCCC. The minimum absolute atomic E-state index is 0.0618. The van der Waals surface area contributed by atoms with Crippen molar-refractivity contribution >= 4 is 17.9 Å². The van der Waals surface area contributed by atoms with Crippen LogP contribution in [0.1, 0.15) is 297 Å². The molecule has 0 radical (unpaired) electrons. The van der Waals surface area contributed by atoms with E-state index in [0.717, 1.165) is 57.8 Å². The third kappa shape index (κ3) is 45.5. The van der Waals surface area contributed by atoms with Gasteiger partial charge >= 0.3 is 17.9 Å². The molecule has 1 atom stereocenters. The smallest absolute Gasteiger partial charge is 0.306 e. The van der Waals surface area contributed by atoms with Crippen LogP contribution >= 0.6 is 0 Å². The first-order chi connectivity index (χ1) is 28.5. The standard InChI is InChI=1S/C52H100O6/c1-4-7-10-13-16-19-22-24-25-26-28-31-34-37-40-43-46-52(55)58-49(47-56-50(53)44-41-38-35-32-29-21-18-15-12-9-6-3)48-57-51(54)45-42-39-36-33-30-27-23-20-17-14-11-8-5-2/h49H,4-48H2,1-3H3/t49-/m0/s1. The molecule has 0 saturated heterocycles. The summed E-state index contributed by atoms with van der Waals surface area (Å²) in [7, 11) is 0. The lowest BCUT2D eigenvalue weighted by molar-refractivity contribution is -0.167. The first-order valence-electron chi connectivity index (χ1n) is 26.0. The molecule has 6 nitrogen and oxygen atoms in total. The quantitative estimate of drug-likeness (QED) is 0.0346. The number of unbranched alkanes of at least 4 members (excludes halogenated alkanes) is 37. The Kier molecular flexibility index (Phi) is 46.8. The van der Waals surface area contributed by atoms with Crippen LogP contribution in [0, 0.1) is 0 Å². The van der Waals surface area contributed by atoms with E-state index in [2.05, 4.69) is 20.8 Å². The summed E-state index contributed by atoms with van der Waals surface area (Å²) in [5.74, 6) is -0.841. The molecular formula is C52H100O6. The van der Waals surface area contributed by atoms with E-state index in [4.69, 9.17) is 14.2 Å². The van der Waals surface area contributed by atoms with Crippen molar-refractivity contribution in [1.29, 1.82) is 0 Å². The molecule has 0 aromatic rings. The van der Waals surface area contributed by atoms with Crippen LogP contribution in [0.5, 0.6) is 0 Å². The molecule has 0 heterocycles. The predicted octanol–water partition coefficient (Wildman–Crippen LogP) is 16.8. The zero-order chi connectivity index (χ0) is 42.3. The van der Waals surface area contributed by atoms with Crippen LogP contribution in [0.3, 0.4) is 0 Å². The summed E-state index contributed by atoms with van der Waals surface area (Å²) < 4.78 is 16.8. The molecule has 0 spiro atoms. The van der Waals surface area contributed by atoms with Crippen molar-refractivity contribution in [3.63, 3.8) is 0 Å². The number of carbonyl (C=O) groups excluding carboxylic acids is 3. The minimum Gasteiger partial charge on any atom is -0.462 e. The molecule has 0 unspecified atom stereocenters. The van der Waals surface area contributed by atoms with E-state index in [9.17, 15) is 14.4 Å². The largest absolute Gasteiger partial charge is 0.462 e. The Morgan fingerprint density at radius 3 is 0.690 bits per heavy atom. The highest BCUT2D eigenvalue weighted by Gasteiger charge is 2.19. The van der Waals surface area contributed by atoms with Gasteiger partial charge in [-0.25, -0.2) is 0 Å². The van der Waals surface area contributed by atoms with Crippen LogP contribution in [-0.4, -0.2) is 37.2 Å². The summed E-state index contributed by atoms with van der Waals surface area (Å²) in [6, 6.07) is 0. The maximum Gasteiger partial charge on any atom is 0.306 e. The van der Waals surface area contributed by atoms with Gasteiger partial charge in [-0.15, -0.1) is 0 Å². The van der Waals surface area contributed by atoms with Gasteiger partial charge in [-0.2, -0.15) is 0 Å². The highest BCUT2D eigenvalue weighted by molar-refractivity contribution is 5.71. The van der Waals surface area contributed by atoms with E-state index >= 15 is 0 Å². The molecule has 0 bridgehead atoms. The van der Waals surface area contributed by atoms with Crippen LogP contribution < -0.4 is 0 Å². The van der Waals surface area contributed by atoms with Crippen LogP contribution in [-0.2, 0) is 28.6 Å². The molecule has 0 aromatic carbocycles. The van der Waals surface area contributed by atoms with Crippen molar-refractivity contribution in [2.45, 2.75) is 303 Å². The highest BCUT2D eigenvalue weighted by atomic mass is 16.6. The van der Waals surface area contributed by atoms with Gasteiger partial charge in [-0.1, -0.05) is 258 Å². The Morgan fingerprint density at radius 2 is 0.466 bits per heavy atom. The van der Waals surface area contributed by atoms with E-state index in [-0.39, 0.29) is 31.1 Å². The molecule has 0 amide bonds. The van der Waals surface area contributed by atoms with Crippen molar-refractivity contribution in [1.82, 2.24) is 0 Å². The van der Waals surface area contributed by atoms with Gasteiger partial charge < -0.3 is 14.2 Å². The first-order valence-corrected chi connectivity index (χ1v) is 26.0. The van der Waals surface area contributed by atoms with Crippen LogP contribution in [0.25, 0.3) is 0 Å². The van der Waals surface area contributed by atoms with Crippen LogP contribution in [0.15, 0.2) is 0 Å². The van der Waals surface area contributed by atoms with Gasteiger partial charge in [0.15, 0.2) is 6.10 Å². The molecule has 0 aliphatic rings. The number of hydrogen-bond acceptors (Lipinski definition) is 6. The average molecular weight is 821 g/mol. The van der Waals surface area contributed by atoms with Crippen LogP contribution in [0.4, 0.5) is 0 Å². The molecule has 0 N–H and O–H groups in total. The molecule has 0 aliphatic carbocycles. The summed E-state index contributed by atoms with van der Waals surface area (Å²) in [5, 5.41) is 0. The van der Waals surface area contributed by atoms with Crippen molar-refractivity contribution in [2.24, 2.45) is 0 Å². The van der Waals surface area contributed by atoms with E-state index in [0.29, 0.717) is 19.3 Å². The van der Waals surface area contributed by atoms with E-state index in [1.165, 1.54) is 199 Å². The van der Waals surface area contributed by atoms with Gasteiger partial charge in [0.05, 0.1) is 0 Å². The highest BCUT2D eigenvalue weighted by Crippen LogP contribution is 2.17. The third-order valence-corrected chi connectivity index (χ3v) is 11.9. The van der Waals surface area contributed by atoms with Gasteiger partial charge in [0.1, 0.15) is 13.2 Å². The Balaban J connectivity index is 4.29. The fraction of sp³-hybridized carbons (Fsp3) is 0.942. The third-order valence-electron chi connectivity index (χ3n) is 11.9. The molecule has 344 valence electrons. The fourth-order valence-corrected chi connectivity index (χ4v) is 7.92. The van der Waals surface area contributed by atoms with Gasteiger partial charge in [-0.05, 0) is 19.3 Å². The van der Waals surface area contributed by atoms with Gasteiger partial charge in [0.25, 0.3) is 0 Å². The maximum atomic E-state index is 12.8. The fourth-order valence-electron chi connectivity index (χ4n) is 7.92. The number of esters is 3. The van der Waals surface area contributed by atoms with Crippen molar-refractivity contribution in [3.8, 4) is 0 Å². The lowest BCUT2D eigenvalue weighted by Gasteiger charge is -2.18. The Bertz CT molecular complexity index is 859. The van der Waals surface area contributed by atoms with Crippen molar-refractivity contribution in [3.05, 3.63) is 0 Å². The Labute approximate surface area is 361 Å². The number of ether oxygens (including phenoxy) is 3. The lowest BCUT2D eigenvalue weighted by Crippen LogP contribution is -2.30. The van der Waals surface area contributed by atoms with Gasteiger partial charge in [0.2, 0.25) is 0 Å². The molecule has 6 heteroatoms. The second kappa shape index (κ2) is 48.1. The zero-order valence-corrected chi connectivity index (χ0v) is 39.3. The zero-order valence-electron chi connectivity index (χ0n) is 39.3. The van der Waals surface area contributed by atoms with Gasteiger partial charge in [-0.3, -0.25) is 14.4 Å². The van der Waals surface area contributed by atoms with E-state index in [1.807, 2.05) is 0 Å². The number of carbonyl (C=O) groups is 3. The Hall–Kier alpha value is -1.59. The monoisotopic (exact) mass is 821 g/mol. The van der Waals surface area contributed by atoms with Crippen molar-refractivity contribution in [2.75, 3.05) is 13.2 Å². The molecule has 0 aliphatic heterocycles. The van der Waals surface area contributed by atoms with Gasteiger partial charge in [0, 0.05) is 19.3 Å². The van der Waals surface area contributed by atoms with E-state index in [1.54, 1.807) is 0 Å². The maximum absolute atomic E-state index is 12.8. The summed E-state index contributed by atoms with van der Waals surface area (Å²) in [6.45, 7) is 6.67. The first kappa shape index (κ1) is 56.4. The number of rotatable bonds is 48. The second-order valence-corrected chi connectivity index (χ2v) is 17.8. The summed E-state index contributed by atoms with van der Waals surface area (Å²) in [5.41, 5.74) is 0. The van der Waals surface area contributed by atoms with Crippen molar-refractivity contribution < 1.29 is 28.6 Å². The van der Waals surface area contributed by atoms with Crippen LogP contribution in [0.2, 0.25) is 0 Å². The lowest BCUT2D eigenvalue weighted by atomic mass is 10.0. The topological polar surface area (TPSA) is 78.9 Å². The van der Waals surface area contributed by atoms with E-state index < -0.39 is 6.10 Å². The average Bonchev–Trinajstić information content (AvgIpc) is 3.22. The second-order valence-electron chi connectivity index (χ2n) is 17.8. The summed E-state index contributed by atoms with van der Waals surface area (Å²) >= 11 is 0. The molecule has 0 rings (SSSR count). The molecule has 58 heavy (non-hydrogen) atoms. The molecular weight excluding hydrogens is 721 g/mol. The normalized spacial score (nSPS) is 11.8. The Morgan fingerprint density at radius 1 is 0.276 bits per heavy atom. The predicted molar refractivity (Wildman–Crippen MR) is 247 cm³/mol. The minimum atomic E-state index is -0.759. The summed E-state index contributed by atoms with van der Waals surface area (Å²) in [4.78, 5) is 37.9. The molecule has 0 aromatic heterocycles. The molecule has 0 saturated carbocycles. The summed E-state index contributed by atoms with van der Waals surface area (Å²) in [6.07, 6.45) is 50.8. The number of hydrogen-bond donors (Lipinski definition) is 0.